The van der Waals surface area contributed by atoms with Crippen LogP contribution in [0.5, 0.6) is 5.75 Å². The summed E-state index contributed by atoms with van der Waals surface area (Å²) >= 11 is 0. The first-order valence-electron chi connectivity index (χ1n) is 7.52. The molecule has 1 aliphatic rings. The number of hydrogen-bond acceptors (Lipinski definition) is 3. The molecule has 20 heavy (non-hydrogen) atoms. The van der Waals surface area contributed by atoms with Gasteiger partial charge in [-0.25, -0.2) is 0 Å². The van der Waals surface area contributed by atoms with Gasteiger partial charge in [-0.15, -0.1) is 0 Å². The van der Waals surface area contributed by atoms with Crippen molar-refractivity contribution in [2.75, 3.05) is 18.1 Å². The normalized spacial score (nSPS) is 18.9. The quantitative estimate of drug-likeness (QED) is 0.841. The number of hydrogen-bond donors (Lipinski definition) is 1. The summed E-state index contributed by atoms with van der Waals surface area (Å²) in [6.45, 7) is 2.63. The second-order valence-corrected chi connectivity index (χ2v) is 7.08. The maximum atomic E-state index is 12.2. The van der Waals surface area contributed by atoms with Gasteiger partial charge in [-0.1, -0.05) is 25.0 Å². The van der Waals surface area contributed by atoms with Crippen LogP contribution >= 0.6 is 0 Å². The van der Waals surface area contributed by atoms with Crippen LogP contribution in [0.4, 0.5) is 0 Å². The lowest BCUT2D eigenvalue weighted by Gasteiger charge is -2.14. The summed E-state index contributed by atoms with van der Waals surface area (Å²) in [4.78, 5) is 0. The zero-order chi connectivity index (χ0) is 14.4. The molecule has 0 radical (unpaired) electrons. The van der Waals surface area contributed by atoms with Crippen molar-refractivity contribution in [2.45, 2.75) is 38.6 Å². The summed E-state index contributed by atoms with van der Waals surface area (Å²) < 4.78 is 17.6. The van der Waals surface area contributed by atoms with Crippen molar-refractivity contribution < 1.29 is 8.95 Å². The molecule has 0 bridgehead atoms. The lowest BCUT2D eigenvalue weighted by molar-refractivity contribution is 0.340. The van der Waals surface area contributed by atoms with Crippen molar-refractivity contribution in [3.63, 3.8) is 0 Å². The van der Waals surface area contributed by atoms with E-state index in [1.54, 1.807) is 0 Å². The Labute approximate surface area is 124 Å². The Hall–Kier alpha value is -0.870. The van der Waals surface area contributed by atoms with Crippen molar-refractivity contribution in [1.29, 1.82) is 0 Å². The number of benzene rings is 1. The molecule has 1 aliphatic carbocycles. The maximum Gasteiger partial charge on any atom is 0.119 e. The molecule has 0 aliphatic heterocycles. The standard InChI is InChI=1S/C16H25NO2S/c1-2-19-15-9-7-14(8-10-15)16(17)12-20(18)11-13-5-3-4-6-13/h7-10,13,16H,2-6,11-12,17H2,1H3. The first-order valence-corrected chi connectivity index (χ1v) is 9.01. The molecular formula is C16H25NO2S. The van der Waals surface area contributed by atoms with Crippen molar-refractivity contribution in [1.82, 2.24) is 0 Å². The molecule has 4 heteroatoms. The molecule has 1 fully saturated rings. The molecular weight excluding hydrogens is 270 g/mol. The van der Waals surface area contributed by atoms with E-state index in [9.17, 15) is 4.21 Å². The van der Waals surface area contributed by atoms with Crippen molar-refractivity contribution in [3.05, 3.63) is 29.8 Å². The molecule has 112 valence electrons. The fourth-order valence-corrected chi connectivity index (χ4v) is 4.37. The van der Waals surface area contributed by atoms with Crippen LogP contribution < -0.4 is 10.5 Å². The van der Waals surface area contributed by atoms with E-state index in [2.05, 4.69) is 0 Å². The third-order valence-electron chi connectivity index (χ3n) is 3.88. The molecule has 0 spiro atoms. The van der Waals surface area contributed by atoms with Crippen LogP contribution in [0.3, 0.4) is 0 Å². The van der Waals surface area contributed by atoms with Crippen LogP contribution in [0, 0.1) is 5.92 Å². The van der Waals surface area contributed by atoms with Crippen LogP contribution in [-0.4, -0.2) is 22.3 Å². The monoisotopic (exact) mass is 295 g/mol. The Balaban J connectivity index is 1.83. The molecule has 0 aromatic heterocycles. The van der Waals surface area contributed by atoms with Gasteiger partial charge in [0, 0.05) is 28.3 Å². The molecule has 2 N–H and O–H groups in total. The minimum atomic E-state index is -0.805. The molecule has 2 unspecified atom stereocenters. The van der Waals surface area contributed by atoms with Crippen LogP contribution in [0.1, 0.15) is 44.2 Å². The predicted octanol–water partition coefficient (Wildman–Crippen LogP) is 3.02. The zero-order valence-electron chi connectivity index (χ0n) is 12.2. The number of nitrogens with two attached hydrogens (primary N) is 1. The Bertz CT molecular complexity index is 427. The molecule has 1 saturated carbocycles. The van der Waals surface area contributed by atoms with Gasteiger partial charge in [0.2, 0.25) is 0 Å². The van der Waals surface area contributed by atoms with E-state index in [0.29, 0.717) is 18.3 Å². The third-order valence-corrected chi connectivity index (χ3v) is 5.46. The molecule has 0 heterocycles. The van der Waals surface area contributed by atoms with Crippen LogP contribution in [-0.2, 0) is 10.8 Å². The number of ether oxygens (including phenoxy) is 1. The summed E-state index contributed by atoms with van der Waals surface area (Å²) in [5, 5.41) is 0. The van der Waals surface area contributed by atoms with Crippen LogP contribution in [0.25, 0.3) is 0 Å². The highest BCUT2D eigenvalue weighted by Crippen LogP contribution is 2.26. The average Bonchev–Trinajstić information content (AvgIpc) is 2.92. The maximum absolute atomic E-state index is 12.2. The van der Waals surface area contributed by atoms with Gasteiger partial charge in [0.15, 0.2) is 0 Å². The largest absolute Gasteiger partial charge is 0.494 e. The SMILES string of the molecule is CCOc1ccc(C(N)CS(=O)CC2CCCC2)cc1. The predicted molar refractivity (Wildman–Crippen MR) is 84.4 cm³/mol. The Morgan fingerprint density at radius 3 is 2.55 bits per heavy atom. The third kappa shape index (κ3) is 4.60. The van der Waals surface area contributed by atoms with Gasteiger partial charge in [0.1, 0.15) is 5.75 Å². The highest BCUT2D eigenvalue weighted by Gasteiger charge is 2.19. The summed E-state index contributed by atoms with van der Waals surface area (Å²) in [6, 6.07) is 7.66. The average molecular weight is 295 g/mol. The zero-order valence-corrected chi connectivity index (χ0v) is 13.0. The first-order chi connectivity index (χ1) is 9.69. The molecule has 3 nitrogen and oxygen atoms in total. The van der Waals surface area contributed by atoms with E-state index in [1.807, 2.05) is 31.2 Å². The molecule has 0 saturated heterocycles. The summed E-state index contributed by atoms with van der Waals surface area (Å²) in [5.41, 5.74) is 7.20. The summed E-state index contributed by atoms with van der Waals surface area (Å²) in [6.07, 6.45) is 5.08. The smallest absolute Gasteiger partial charge is 0.119 e. The summed E-state index contributed by atoms with van der Waals surface area (Å²) in [5.74, 6) is 2.90. The molecule has 2 atom stereocenters. The Morgan fingerprint density at radius 2 is 1.95 bits per heavy atom. The van der Waals surface area contributed by atoms with E-state index in [1.165, 1.54) is 25.7 Å². The van der Waals surface area contributed by atoms with Gasteiger partial charge in [0.05, 0.1) is 6.61 Å². The fraction of sp³-hybridized carbons (Fsp3) is 0.625. The fourth-order valence-electron chi connectivity index (χ4n) is 2.78. The van der Waals surface area contributed by atoms with Gasteiger partial charge in [-0.05, 0) is 43.4 Å². The lowest BCUT2D eigenvalue weighted by atomic mass is 10.1. The van der Waals surface area contributed by atoms with Gasteiger partial charge in [-0.2, -0.15) is 0 Å². The van der Waals surface area contributed by atoms with Gasteiger partial charge < -0.3 is 10.5 Å². The highest BCUT2D eigenvalue weighted by molar-refractivity contribution is 7.85. The second kappa shape index (κ2) is 7.79. The second-order valence-electron chi connectivity index (χ2n) is 5.53. The topological polar surface area (TPSA) is 52.3 Å². The molecule has 1 aromatic carbocycles. The van der Waals surface area contributed by atoms with Crippen molar-refractivity contribution in [3.8, 4) is 5.75 Å². The number of rotatable bonds is 7. The lowest BCUT2D eigenvalue weighted by Crippen LogP contribution is -2.21. The van der Waals surface area contributed by atoms with E-state index >= 15 is 0 Å². The van der Waals surface area contributed by atoms with E-state index in [-0.39, 0.29) is 6.04 Å². The molecule has 0 amide bonds. The van der Waals surface area contributed by atoms with Gasteiger partial charge in [-0.3, -0.25) is 4.21 Å². The minimum Gasteiger partial charge on any atom is -0.494 e. The van der Waals surface area contributed by atoms with Gasteiger partial charge in [0.25, 0.3) is 0 Å². The van der Waals surface area contributed by atoms with Gasteiger partial charge >= 0.3 is 0 Å². The van der Waals surface area contributed by atoms with E-state index < -0.39 is 10.8 Å². The van der Waals surface area contributed by atoms with Crippen LogP contribution in [0.15, 0.2) is 24.3 Å². The summed E-state index contributed by atoms with van der Waals surface area (Å²) in [7, 11) is -0.805. The molecule has 1 aromatic rings. The minimum absolute atomic E-state index is 0.145. The van der Waals surface area contributed by atoms with E-state index in [4.69, 9.17) is 10.5 Å². The molecule has 2 rings (SSSR count). The Morgan fingerprint density at radius 1 is 1.30 bits per heavy atom. The van der Waals surface area contributed by atoms with E-state index in [0.717, 1.165) is 17.1 Å². The first kappa shape index (κ1) is 15.5. The highest BCUT2D eigenvalue weighted by atomic mass is 32.2. The van der Waals surface area contributed by atoms with Crippen molar-refractivity contribution in [2.24, 2.45) is 11.7 Å². The van der Waals surface area contributed by atoms with Crippen molar-refractivity contribution >= 4 is 10.8 Å². The van der Waals surface area contributed by atoms with Crippen LogP contribution in [0.2, 0.25) is 0 Å². The Kier molecular flexibility index (Phi) is 6.05.